The number of hydrogen-bond donors (Lipinski definition) is 5. The number of hydrogen-bond acceptors (Lipinski definition) is 6. The van der Waals surface area contributed by atoms with Crippen molar-refractivity contribution in [2.24, 2.45) is 11.5 Å². The third-order valence-corrected chi connectivity index (χ3v) is 4.89. The third-order valence-electron chi connectivity index (χ3n) is 4.89. The van der Waals surface area contributed by atoms with E-state index < -0.39 is 30.3 Å². The maximum Gasteiger partial charge on any atom is 0.320 e. The minimum absolute atomic E-state index is 0.0254. The Balaban J connectivity index is 1.93. The van der Waals surface area contributed by atoms with Crippen LogP contribution in [0.5, 0.6) is 0 Å². The lowest BCUT2D eigenvalue weighted by atomic mass is 10.0. The topological polar surface area (TPSA) is 163 Å². The van der Waals surface area contributed by atoms with Crippen molar-refractivity contribution in [3.63, 3.8) is 0 Å². The Hall–Kier alpha value is -3.72. The van der Waals surface area contributed by atoms with Gasteiger partial charge in [-0.25, -0.2) is 0 Å². The van der Waals surface area contributed by atoms with Gasteiger partial charge < -0.3 is 21.9 Å². The maximum atomic E-state index is 12.6. The molecular weight excluding hydrogens is 410 g/mol. The van der Waals surface area contributed by atoms with Crippen LogP contribution in [0.3, 0.4) is 0 Å². The Labute approximate surface area is 186 Å². The van der Waals surface area contributed by atoms with Crippen LogP contribution < -0.4 is 16.8 Å². The Bertz CT molecular complexity index is 948. The SMILES string of the molecule is N=C(N)N(CCCC(N)C(=O)O)C(=O)CC(=O)Cc1ccccc1NCc1ccccc1. The Morgan fingerprint density at radius 1 is 1.06 bits per heavy atom. The number of carboxylic acids is 1. The van der Waals surface area contributed by atoms with Crippen LogP contribution >= 0.6 is 0 Å². The minimum atomic E-state index is -1.14. The zero-order valence-electron chi connectivity index (χ0n) is 17.8. The zero-order valence-corrected chi connectivity index (χ0v) is 17.8. The second-order valence-electron chi connectivity index (χ2n) is 7.41. The number of nitrogens with one attached hydrogen (secondary N) is 2. The highest BCUT2D eigenvalue weighted by molar-refractivity contribution is 6.05. The van der Waals surface area contributed by atoms with Crippen LogP contribution in [-0.2, 0) is 27.3 Å². The molecule has 0 radical (unpaired) electrons. The van der Waals surface area contributed by atoms with Crippen molar-refractivity contribution in [2.45, 2.75) is 38.3 Å². The number of ketones is 1. The van der Waals surface area contributed by atoms with E-state index in [1.807, 2.05) is 54.6 Å². The molecule has 0 aliphatic carbocycles. The van der Waals surface area contributed by atoms with Crippen LogP contribution in [0.1, 0.15) is 30.4 Å². The number of anilines is 1. The molecule has 9 nitrogen and oxygen atoms in total. The Morgan fingerprint density at radius 2 is 1.72 bits per heavy atom. The summed E-state index contributed by atoms with van der Waals surface area (Å²) in [4.78, 5) is 36.8. The first-order valence-electron chi connectivity index (χ1n) is 10.3. The molecule has 0 heterocycles. The van der Waals surface area contributed by atoms with Gasteiger partial charge in [-0.2, -0.15) is 0 Å². The first-order chi connectivity index (χ1) is 15.3. The molecule has 0 fully saturated rings. The summed E-state index contributed by atoms with van der Waals surface area (Å²) in [6.45, 7) is 0.624. The van der Waals surface area contributed by atoms with Gasteiger partial charge >= 0.3 is 5.97 Å². The largest absolute Gasteiger partial charge is 0.480 e. The number of carboxylic acid groups (broad SMARTS) is 1. The fourth-order valence-electron chi connectivity index (χ4n) is 3.15. The number of guanidine groups is 1. The van der Waals surface area contributed by atoms with Crippen molar-refractivity contribution in [1.82, 2.24) is 4.90 Å². The molecule has 2 aromatic rings. The van der Waals surface area contributed by atoms with Gasteiger partial charge in [0, 0.05) is 25.2 Å². The van der Waals surface area contributed by atoms with E-state index in [1.165, 1.54) is 0 Å². The Morgan fingerprint density at radius 3 is 2.38 bits per heavy atom. The molecule has 0 aliphatic heterocycles. The molecule has 0 spiro atoms. The number of nitrogens with zero attached hydrogens (tertiary/aromatic N) is 1. The number of nitrogens with two attached hydrogens (primary N) is 2. The van der Waals surface area contributed by atoms with Crippen molar-refractivity contribution in [3.8, 4) is 0 Å². The van der Waals surface area contributed by atoms with E-state index >= 15 is 0 Å². The first-order valence-corrected chi connectivity index (χ1v) is 10.3. The summed E-state index contributed by atoms with van der Waals surface area (Å²) in [5.41, 5.74) is 13.6. The molecule has 0 bridgehead atoms. The van der Waals surface area contributed by atoms with Gasteiger partial charge in [0.05, 0.1) is 6.42 Å². The molecule has 0 saturated heterocycles. The van der Waals surface area contributed by atoms with Crippen LogP contribution in [0, 0.1) is 5.41 Å². The van der Waals surface area contributed by atoms with Crippen LogP contribution in [0.15, 0.2) is 54.6 Å². The predicted molar refractivity (Wildman–Crippen MR) is 122 cm³/mol. The molecular formula is C23H29N5O4. The monoisotopic (exact) mass is 439 g/mol. The van der Waals surface area contributed by atoms with Gasteiger partial charge in [-0.15, -0.1) is 0 Å². The van der Waals surface area contributed by atoms with Crippen molar-refractivity contribution >= 4 is 29.3 Å². The summed E-state index contributed by atoms with van der Waals surface area (Å²) in [5.74, 6) is -2.53. The highest BCUT2D eigenvalue weighted by Crippen LogP contribution is 2.18. The van der Waals surface area contributed by atoms with Crippen LogP contribution in [0.2, 0.25) is 0 Å². The molecule has 1 atom stereocenters. The van der Waals surface area contributed by atoms with E-state index in [0.717, 1.165) is 21.7 Å². The molecule has 0 saturated carbocycles. The summed E-state index contributed by atoms with van der Waals surface area (Å²) in [6.07, 6.45) is 0.0247. The second-order valence-corrected chi connectivity index (χ2v) is 7.41. The first kappa shape index (κ1) is 24.5. The molecule has 9 heteroatoms. The number of para-hydroxylation sites is 1. The fraction of sp³-hybridized carbons (Fsp3) is 0.304. The van der Waals surface area contributed by atoms with Crippen molar-refractivity contribution in [2.75, 3.05) is 11.9 Å². The summed E-state index contributed by atoms with van der Waals surface area (Å²) < 4.78 is 0. The van der Waals surface area contributed by atoms with E-state index in [9.17, 15) is 14.4 Å². The van der Waals surface area contributed by atoms with Gasteiger partial charge in [0.15, 0.2) is 5.96 Å². The smallest absolute Gasteiger partial charge is 0.320 e. The minimum Gasteiger partial charge on any atom is -0.480 e. The standard InChI is InChI=1S/C23H29N5O4/c24-19(22(31)32)10-6-12-28(23(25)26)21(30)14-18(29)13-17-9-4-5-11-20(17)27-15-16-7-2-1-3-8-16/h1-5,7-9,11,19,27H,6,10,12-15,24H2,(H3,25,26)(H,31,32). The van der Waals surface area contributed by atoms with E-state index in [1.54, 1.807) is 0 Å². The van der Waals surface area contributed by atoms with E-state index in [2.05, 4.69) is 5.32 Å². The van der Waals surface area contributed by atoms with Gasteiger partial charge in [-0.1, -0.05) is 48.5 Å². The lowest BCUT2D eigenvalue weighted by molar-refractivity contribution is -0.138. The summed E-state index contributed by atoms with van der Waals surface area (Å²) in [6, 6.07) is 16.2. The van der Waals surface area contributed by atoms with Crippen molar-refractivity contribution in [3.05, 3.63) is 65.7 Å². The molecule has 2 aromatic carbocycles. The lowest BCUT2D eigenvalue weighted by Crippen LogP contribution is -2.43. The summed E-state index contributed by atoms with van der Waals surface area (Å²) in [5, 5.41) is 19.7. The van der Waals surface area contributed by atoms with Gasteiger partial charge in [0.1, 0.15) is 11.8 Å². The van der Waals surface area contributed by atoms with E-state index in [4.69, 9.17) is 22.0 Å². The van der Waals surface area contributed by atoms with Crippen molar-refractivity contribution < 1.29 is 19.5 Å². The number of benzene rings is 2. The van der Waals surface area contributed by atoms with Gasteiger partial charge in [-0.3, -0.25) is 24.7 Å². The molecule has 0 aromatic heterocycles. The number of rotatable bonds is 12. The third kappa shape index (κ3) is 7.84. The van der Waals surface area contributed by atoms with Crippen LogP contribution in [0.4, 0.5) is 5.69 Å². The average Bonchev–Trinajstić information content (AvgIpc) is 2.76. The normalized spacial score (nSPS) is 11.4. The summed E-state index contributed by atoms with van der Waals surface area (Å²) >= 11 is 0. The molecule has 2 rings (SSSR count). The molecule has 1 amide bonds. The number of carbonyl (C=O) groups is 3. The number of aliphatic carboxylic acids is 1. The van der Waals surface area contributed by atoms with E-state index in [-0.39, 0.29) is 31.6 Å². The van der Waals surface area contributed by atoms with Crippen LogP contribution in [-0.4, -0.2) is 46.2 Å². The summed E-state index contributed by atoms with van der Waals surface area (Å²) in [7, 11) is 0. The highest BCUT2D eigenvalue weighted by atomic mass is 16.4. The predicted octanol–water partition coefficient (Wildman–Crippen LogP) is 1.71. The van der Waals surface area contributed by atoms with Crippen molar-refractivity contribution in [1.29, 1.82) is 5.41 Å². The van der Waals surface area contributed by atoms with E-state index in [0.29, 0.717) is 6.54 Å². The van der Waals surface area contributed by atoms with Gasteiger partial charge in [-0.05, 0) is 30.0 Å². The maximum absolute atomic E-state index is 12.6. The number of Topliss-reactive ketones (excluding diaryl/α,β-unsaturated/α-hetero) is 1. The molecule has 32 heavy (non-hydrogen) atoms. The average molecular weight is 440 g/mol. The lowest BCUT2D eigenvalue weighted by Gasteiger charge is -2.21. The van der Waals surface area contributed by atoms with Gasteiger partial charge in [0.2, 0.25) is 5.91 Å². The van der Waals surface area contributed by atoms with Crippen LogP contribution in [0.25, 0.3) is 0 Å². The quantitative estimate of drug-likeness (QED) is 0.191. The molecule has 7 N–H and O–H groups in total. The Kier molecular flexibility index (Phi) is 9.37. The molecule has 0 aliphatic rings. The fourth-order valence-corrected chi connectivity index (χ4v) is 3.15. The van der Waals surface area contributed by atoms with Gasteiger partial charge in [0.25, 0.3) is 0 Å². The zero-order chi connectivity index (χ0) is 23.5. The molecule has 1 unspecified atom stereocenters. The number of carbonyl (C=O) groups excluding carboxylic acids is 2. The highest BCUT2D eigenvalue weighted by Gasteiger charge is 2.21. The number of amides is 1. The molecule has 170 valence electrons. The second kappa shape index (κ2) is 12.2.